The molecule has 12 heavy (non-hydrogen) atoms. The van der Waals surface area contributed by atoms with E-state index in [1.807, 2.05) is 12.1 Å². The topological polar surface area (TPSA) is 20.2 Å². The van der Waals surface area contributed by atoms with E-state index < -0.39 is 0 Å². The molecule has 0 spiro atoms. The molecular weight excluding hydrogens is 148 g/mol. The Kier molecular flexibility index (Phi) is 2.92. The molecule has 64 valence electrons. The van der Waals surface area contributed by atoms with E-state index in [0.717, 1.165) is 12.0 Å². The molecular formula is C11H14O. The molecule has 0 aliphatic carbocycles. The number of phenolic OH excluding ortho intramolecular Hbond substituents is 1. The molecule has 0 bridgehead atoms. The van der Waals surface area contributed by atoms with Gasteiger partial charge in [-0.1, -0.05) is 25.1 Å². The van der Waals surface area contributed by atoms with Crippen LogP contribution < -0.4 is 0 Å². The van der Waals surface area contributed by atoms with E-state index in [1.165, 1.54) is 5.57 Å². The monoisotopic (exact) mass is 162 g/mol. The molecule has 1 aromatic rings. The third-order valence-electron chi connectivity index (χ3n) is 1.81. The highest BCUT2D eigenvalue weighted by Gasteiger charge is 1.94. The number of rotatable bonds is 2. The second-order valence-corrected chi connectivity index (χ2v) is 2.85. The Labute approximate surface area is 73.4 Å². The van der Waals surface area contributed by atoms with Crippen molar-refractivity contribution < 1.29 is 5.11 Å². The smallest absolute Gasteiger partial charge is 0.116 e. The van der Waals surface area contributed by atoms with Gasteiger partial charge in [0.25, 0.3) is 0 Å². The van der Waals surface area contributed by atoms with Gasteiger partial charge in [0.15, 0.2) is 0 Å². The third-order valence-corrected chi connectivity index (χ3v) is 1.81. The molecule has 0 aromatic heterocycles. The number of hydrogen-bond acceptors (Lipinski definition) is 1. The van der Waals surface area contributed by atoms with Crippen molar-refractivity contribution in [2.45, 2.75) is 20.3 Å². The van der Waals surface area contributed by atoms with Crippen LogP contribution in [0.15, 0.2) is 30.3 Å². The molecule has 1 heteroatoms. The van der Waals surface area contributed by atoms with Crippen molar-refractivity contribution in [3.05, 3.63) is 35.9 Å². The van der Waals surface area contributed by atoms with Crippen LogP contribution in [0.3, 0.4) is 0 Å². The number of hydrogen-bond donors (Lipinski definition) is 1. The fourth-order valence-electron chi connectivity index (χ4n) is 1.18. The summed E-state index contributed by atoms with van der Waals surface area (Å²) in [5.74, 6) is 0.330. The summed E-state index contributed by atoms with van der Waals surface area (Å²) in [5, 5.41) is 9.20. The quantitative estimate of drug-likeness (QED) is 0.708. The SMILES string of the molecule is CC/C=C(\C)c1cccc(O)c1. The fourth-order valence-corrected chi connectivity index (χ4v) is 1.18. The Balaban J connectivity index is 2.95. The van der Waals surface area contributed by atoms with Crippen molar-refractivity contribution in [3.8, 4) is 5.75 Å². The summed E-state index contributed by atoms with van der Waals surface area (Å²) >= 11 is 0. The second-order valence-electron chi connectivity index (χ2n) is 2.85. The van der Waals surface area contributed by atoms with Gasteiger partial charge < -0.3 is 5.11 Å². The summed E-state index contributed by atoms with van der Waals surface area (Å²) in [5.41, 5.74) is 2.31. The van der Waals surface area contributed by atoms with E-state index in [1.54, 1.807) is 12.1 Å². The van der Waals surface area contributed by atoms with Crippen LogP contribution >= 0.6 is 0 Å². The molecule has 0 aliphatic heterocycles. The van der Waals surface area contributed by atoms with Gasteiger partial charge in [-0.3, -0.25) is 0 Å². The van der Waals surface area contributed by atoms with Gasteiger partial charge in [-0.25, -0.2) is 0 Å². The lowest BCUT2D eigenvalue weighted by Crippen LogP contribution is -1.77. The molecule has 0 aliphatic rings. The third kappa shape index (κ3) is 2.12. The van der Waals surface area contributed by atoms with Gasteiger partial charge in [-0.15, -0.1) is 0 Å². The highest BCUT2D eigenvalue weighted by molar-refractivity contribution is 5.64. The number of benzene rings is 1. The maximum Gasteiger partial charge on any atom is 0.116 e. The summed E-state index contributed by atoms with van der Waals surface area (Å²) in [6.07, 6.45) is 3.18. The van der Waals surface area contributed by atoms with Crippen molar-refractivity contribution in [2.75, 3.05) is 0 Å². The van der Waals surface area contributed by atoms with E-state index in [0.29, 0.717) is 5.75 Å². The molecule has 0 saturated carbocycles. The first kappa shape index (κ1) is 8.85. The number of phenols is 1. The molecule has 1 rings (SSSR count). The minimum atomic E-state index is 0.330. The summed E-state index contributed by atoms with van der Waals surface area (Å²) in [4.78, 5) is 0. The first-order valence-electron chi connectivity index (χ1n) is 4.20. The molecule has 0 unspecified atom stereocenters. The zero-order valence-corrected chi connectivity index (χ0v) is 7.54. The zero-order chi connectivity index (χ0) is 8.97. The first-order chi connectivity index (χ1) is 5.74. The Morgan fingerprint density at radius 2 is 2.25 bits per heavy atom. The highest BCUT2D eigenvalue weighted by Crippen LogP contribution is 2.18. The van der Waals surface area contributed by atoms with Crippen molar-refractivity contribution in [2.24, 2.45) is 0 Å². The van der Waals surface area contributed by atoms with Gasteiger partial charge in [0.2, 0.25) is 0 Å². The summed E-state index contributed by atoms with van der Waals surface area (Å²) in [6.45, 7) is 4.16. The minimum absolute atomic E-state index is 0.330. The van der Waals surface area contributed by atoms with Gasteiger partial charge in [-0.2, -0.15) is 0 Å². The maximum absolute atomic E-state index is 9.20. The van der Waals surface area contributed by atoms with E-state index >= 15 is 0 Å². The average molecular weight is 162 g/mol. The lowest BCUT2D eigenvalue weighted by molar-refractivity contribution is 0.475. The summed E-state index contributed by atoms with van der Waals surface area (Å²) < 4.78 is 0. The Bertz CT molecular complexity index is 287. The van der Waals surface area contributed by atoms with Crippen molar-refractivity contribution >= 4 is 5.57 Å². The molecule has 0 amide bonds. The van der Waals surface area contributed by atoms with Gasteiger partial charge in [0.1, 0.15) is 5.75 Å². The second kappa shape index (κ2) is 3.96. The van der Waals surface area contributed by atoms with Crippen LogP contribution in [0, 0.1) is 0 Å². The molecule has 0 heterocycles. The van der Waals surface area contributed by atoms with Gasteiger partial charge in [0, 0.05) is 0 Å². The van der Waals surface area contributed by atoms with Gasteiger partial charge in [0.05, 0.1) is 0 Å². The fraction of sp³-hybridized carbons (Fsp3) is 0.273. The van der Waals surface area contributed by atoms with Crippen LogP contribution in [0.1, 0.15) is 25.8 Å². The molecule has 1 nitrogen and oxygen atoms in total. The standard InChI is InChI=1S/C11H14O/c1-3-5-9(2)10-6-4-7-11(12)8-10/h4-8,12H,3H2,1-2H3/b9-5+. The Morgan fingerprint density at radius 3 is 2.83 bits per heavy atom. The lowest BCUT2D eigenvalue weighted by Gasteiger charge is -2.00. The highest BCUT2D eigenvalue weighted by atomic mass is 16.3. The molecule has 0 atom stereocenters. The van der Waals surface area contributed by atoms with Crippen LogP contribution in [0.25, 0.3) is 5.57 Å². The van der Waals surface area contributed by atoms with E-state index in [4.69, 9.17) is 0 Å². The van der Waals surface area contributed by atoms with Crippen LogP contribution in [0.2, 0.25) is 0 Å². The number of allylic oxidation sites excluding steroid dienone is 2. The van der Waals surface area contributed by atoms with E-state index in [2.05, 4.69) is 19.9 Å². The number of aromatic hydroxyl groups is 1. The van der Waals surface area contributed by atoms with Crippen molar-refractivity contribution in [3.63, 3.8) is 0 Å². The maximum atomic E-state index is 9.20. The summed E-state index contributed by atoms with van der Waals surface area (Å²) in [7, 11) is 0. The van der Waals surface area contributed by atoms with E-state index in [-0.39, 0.29) is 0 Å². The van der Waals surface area contributed by atoms with Crippen molar-refractivity contribution in [1.82, 2.24) is 0 Å². The summed E-state index contributed by atoms with van der Waals surface area (Å²) in [6, 6.07) is 7.32. The molecule has 0 radical (unpaired) electrons. The molecule has 0 saturated heterocycles. The molecule has 0 fully saturated rings. The zero-order valence-electron chi connectivity index (χ0n) is 7.54. The predicted molar refractivity (Wildman–Crippen MR) is 52.0 cm³/mol. The van der Waals surface area contributed by atoms with Crippen LogP contribution in [0.5, 0.6) is 5.75 Å². The Hall–Kier alpha value is -1.24. The van der Waals surface area contributed by atoms with Gasteiger partial charge >= 0.3 is 0 Å². The van der Waals surface area contributed by atoms with Crippen molar-refractivity contribution in [1.29, 1.82) is 0 Å². The first-order valence-corrected chi connectivity index (χ1v) is 4.20. The van der Waals surface area contributed by atoms with Crippen LogP contribution in [-0.4, -0.2) is 5.11 Å². The average Bonchev–Trinajstić information content (AvgIpc) is 2.05. The van der Waals surface area contributed by atoms with Crippen LogP contribution in [0.4, 0.5) is 0 Å². The van der Waals surface area contributed by atoms with E-state index in [9.17, 15) is 5.11 Å². The lowest BCUT2D eigenvalue weighted by atomic mass is 10.1. The Morgan fingerprint density at radius 1 is 1.50 bits per heavy atom. The van der Waals surface area contributed by atoms with Gasteiger partial charge in [-0.05, 0) is 36.6 Å². The minimum Gasteiger partial charge on any atom is -0.508 e. The predicted octanol–water partition coefficient (Wildman–Crippen LogP) is 3.21. The molecule has 1 aromatic carbocycles. The molecule has 1 N–H and O–H groups in total. The van der Waals surface area contributed by atoms with Crippen LogP contribution in [-0.2, 0) is 0 Å². The normalized spacial score (nSPS) is 11.7. The largest absolute Gasteiger partial charge is 0.508 e.